The zero-order chi connectivity index (χ0) is 26.0. The van der Waals surface area contributed by atoms with E-state index in [1.165, 1.54) is 75.3 Å². The summed E-state index contributed by atoms with van der Waals surface area (Å²) < 4.78 is 11.6. The van der Waals surface area contributed by atoms with E-state index in [1.54, 1.807) is 0 Å². The van der Waals surface area contributed by atoms with Crippen LogP contribution in [0.25, 0.3) is 0 Å². The fraction of sp³-hybridized carbons (Fsp3) is 0.606. The molecule has 0 spiro atoms. The minimum absolute atomic E-state index is 0.638. The summed E-state index contributed by atoms with van der Waals surface area (Å²) in [6.45, 7) is 8.88. The van der Waals surface area contributed by atoms with Crippen molar-refractivity contribution < 1.29 is 14.3 Å². The van der Waals surface area contributed by atoms with Crippen LogP contribution in [-0.4, -0.2) is 6.16 Å². The van der Waals surface area contributed by atoms with E-state index in [9.17, 15) is 4.79 Å². The van der Waals surface area contributed by atoms with Crippen molar-refractivity contribution in [2.75, 3.05) is 0 Å². The van der Waals surface area contributed by atoms with Crippen molar-refractivity contribution in [3.8, 4) is 11.5 Å². The molecule has 2 aromatic carbocycles. The molecular weight excluding hydrogens is 444 g/mol. The minimum Gasteiger partial charge on any atom is -0.394 e. The molecule has 0 saturated heterocycles. The van der Waals surface area contributed by atoms with E-state index in [4.69, 9.17) is 9.47 Å². The number of aryl methyl sites for hydroxylation is 4. The third-order valence-electron chi connectivity index (χ3n) is 6.87. The molecule has 0 aliphatic carbocycles. The predicted molar refractivity (Wildman–Crippen MR) is 152 cm³/mol. The van der Waals surface area contributed by atoms with Crippen LogP contribution in [-0.2, 0) is 25.7 Å². The highest BCUT2D eigenvalue weighted by Crippen LogP contribution is 2.27. The maximum absolute atomic E-state index is 12.9. The van der Waals surface area contributed by atoms with Gasteiger partial charge in [-0.15, -0.1) is 0 Å². The zero-order valence-corrected chi connectivity index (χ0v) is 23.5. The first kappa shape index (κ1) is 29.9. The van der Waals surface area contributed by atoms with Gasteiger partial charge in [0.05, 0.1) is 0 Å². The Balaban J connectivity index is 2.13. The maximum atomic E-state index is 12.9. The van der Waals surface area contributed by atoms with Gasteiger partial charge in [-0.1, -0.05) is 103 Å². The van der Waals surface area contributed by atoms with Crippen LogP contribution in [0.1, 0.15) is 127 Å². The van der Waals surface area contributed by atoms with E-state index >= 15 is 0 Å². The Labute approximate surface area is 221 Å². The fourth-order valence-corrected chi connectivity index (χ4v) is 4.66. The number of hydrogen-bond donors (Lipinski definition) is 0. The first-order valence-electron chi connectivity index (χ1n) is 14.7. The monoisotopic (exact) mass is 494 g/mol. The average molecular weight is 495 g/mol. The molecule has 0 heterocycles. The molecule has 3 nitrogen and oxygen atoms in total. The molecule has 0 aromatic heterocycles. The summed E-state index contributed by atoms with van der Waals surface area (Å²) in [7, 11) is 0. The molecule has 2 rings (SSSR count). The molecule has 0 aliphatic rings. The topological polar surface area (TPSA) is 35.5 Å². The predicted octanol–water partition coefficient (Wildman–Crippen LogP) is 10.2. The summed E-state index contributed by atoms with van der Waals surface area (Å²) >= 11 is 0. The van der Waals surface area contributed by atoms with Crippen molar-refractivity contribution >= 4 is 6.16 Å². The number of benzene rings is 2. The molecule has 3 heteroatoms. The molecule has 0 saturated carbocycles. The van der Waals surface area contributed by atoms with Gasteiger partial charge in [0, 0.05) is 0 Å². The second-order valence-electron chi connectivity index (χ2n) is 10.2. The quantitative estimate of drug-likeness (QED) is 0.117. The highest BCUT2D eigenvalue weighted by molar-refractivity contribution is 5.68. The number of rotatable bonds is 18. The smallest absolute Gasteiger partial charge is 0.394 e. The van der Waals surface area contributed by atoms with Crippen molar-refractivity contribution in [3.63, 3.8) is 0 Å². The normalized spacial score (nSPS) is 11.0. The highest BCUT2D eigenvalue weighted by Gasteiger charge is 2.15. The fourth-order valence-electron chi connectivity index (χ4n) is 4.66. The second kappa shape index (κ2) is 18.0. The Morgan fingerprint density at radius 2 is 0.889 bits per heavy atom. The van der Waals surface area contributed by atoms with Crippen LogP contribution in [0.15, 0.2) is 36.4 Å². The molecular formula is C33H50O3. The van der Waals surface area contributed by atoms with Crippen molar-refractivity contribution in [2.24, 2.45) is 0 Å². The highest BCUT2D eigenvalue weighted by atomic mass is 16.7. The van der Waals surface area contributed by atoms with Crippen LogP contribution in [0.3, 0.4) is 0 Å². The van der Waals surface area contributed by atoms with E-state index in [1.807, 2.05) is 12.1 Å². The average Bonchev–Trinajstić information content (AvgIpc) is 2.87. The molecule has 0 aliphatic heterocycles. The number of carbonyl (C=O) groups is 1. The lowest BCUT2D eigenvalue weighted by Gasteiger charge is -2.15. The van der Waals surface area contributed by atoms with Crippen molar-refractivity contribution in [2.45, 2.75) is 130 Å². The van der Waals surface area contributed by atoms with Gasteiger partial charge < -0.3 is 9.47 Å². The summed E-state index contributed by atoms with van der Waals surface area (Å²) in [5.41, 5.74) is 4.88. The summed E-state index contributed by atoms with van der Waals surface area (Å²) in [5, 5.41) is 0. The van der Waals surface area contributed by atoms with E-state index in [-0.39, 0.29) is 0 Å². The van der Waals surface area contributed by atoms with Crippen LogP contribution < -0.4 is 9.47 Å². The number of ether oxygens (including phenoxy) is 2. The third kappa shape index (κ3) is 11.2. The zero-order valence-electron chi connectivity index (χ0n) is 23.5. The Kier molecular flexibility index (Phi) is 15.0. The van der Waals surface area contributed by atoms with Crippen molar-refractivity contribution in [1.82, 2.24) is 0 Å². The van der Waals surface area contributed by atoms with Crippen molar-refractivity contribution in [1.29, 1.82) is 0 Å². The third-order valence-corrected chi connectivity index (χ3v) is 6.87. The van der Waals surface area contributed by atoms with Gasteiger partial charge in [-0.3, -0.25) is 0 Å². The number of unbranched alkanes of at least 4 members (excludes halogenated alkanes) is 8. The summed E-state index contributed by atoms with van der Waals surface area (Å²) in [5.74, 6) is 1.28. The molecule has 0 radical (unpaired) electrons. The summed E-state index contributed by atoms with van der Waals surface area (Å²) in [6.07, 6.45) is 17.6. The molecule has 0 unspecified atom stereocenters. The van der Waals surface area contributed by atoms with Crippen LogP contribution in [0, 0.1) is 0 Å². The van der Waals surface area contributed by atoms with E-state index in [0.29, 0.717) is 11.5 Å². The van der Waals surface area contributed by atoms with Crippen LogP contribution in [0.2, 0.25) is 0 Å². The largest absolute Gasteiger partial charge is 0.519 e. The van der Waals surface area contributed by atoms with Crippen LogP contribution >= 0.6 is 0 Å². The molecule has 0 bridgehead atoms. The van der Waals surface area contributed by atoms with E-state index < -0.39 is 6.16 Å². The van der Waals surface area contributed by atoms with Gasteiger partial charge in [-0.05, 0) is 85.8 Å². The van der Waals surface area contributed by atoms with Crippen LogP contribution in [0.4, 0.5) is 4.79 Å². The van der Waals surface area contributed by atoms with E-state index in [2.05, 4.69) is 52.0 Å². The van der Waals surface area contributed by atoms with Gasteiger partial charge in [0.15, 0.2) is 0 Å². The van der Waals surface area contributed by atoms with Gasteiger partial charge in [-0.25, -0.2) is 4.79 Å². The molecule has 0 fully saturated rings. The lowest BCUT2D eigenvalue weighted by molar-refractivity contribution is 0.151. The van der Waals surface area contributed by atoms with Gasteiger partial charge in [0.1, 0.15) is 11.5 Å². The molecule has 36 heavy (non-hydrogen) atoms. The standard InChI is InChI=1S/C33H50O3/c1-5-9-13-17-27-21-23-31(29(25-27)19-15-11-7-3)35-33(34)36-32-24-22-28(18-14-10-6-2)26-30(32)20-16-12-8-4/h21-26H,5-20H2,1-4H3. The maximum Gasteiger partial charge on any atom is 0.519 e. The Hall–Kier alpha value is -2.29. The molecule has 0 atom stereocenters. The first-order valence-corrected chi connectivity index (χ1v) is 14.7. The van der Waals surface area contributed by atoms with E-state index in [0.717, 1.165) is 49.7 Å². The number of hydrogen-bond acceptors (Lipinski definition) is 3. The van der Waals surface area contributed by atoms with Gasteiger partial charge >= 0.3 is 6.16 Å². The number of carbonyl (C=O) groups excluding carboxylic acids is 1. The SMILES string of the molecule is CCCCCc1ccc(OC(=O)Oc2ccc(CCCCC)cc2CCCCC)c(CCCCC)c1. The van der Waals surface area contributed by atoms with Gasteiger partial charge in [-0.2, -0.15) is 0 Å². The minimum atomic E-state index is -0.638. The van der Waals surface area contributed by atoms with Gasteiger partial charge in [0.25, 0.3) is 0 Å². The Morgan fingerprint density at radius 3 is 1.25 bits per heavy atom. The lowest BCUT2D eigenvalue weighted by atomic mass is 10.00. The molecule has 2 aromatic rings. The molecule has 0 N–H and O–H groups in total. The second-order valence-corrected chi connectivity index (χ2v) is 10.2. The summed E-state index contributed by atoms with van der Waals surface area (Å²) in [4.78, 5) is 12.9. The van der Waals surface area contributed by atoms with Crippen molar-refractivity contribution in [3.05, 3.63) is 58.7 Å². The molecule has 0 amide bonds. The summed E-state index contributed by atoms with van der Waals surface area (Å²) in [6, 6.07) is 12.6. The molecule has 200 valence electrons. The van der Waals surface area contributed by atoms with Crippen LogP contribution in [0.5, 0.6) is 11.5 Å². The lowest BCUT2D eigenvalue weighted by Crippen LogP contribution is -2.16. The Morgan fingerprint density at radius 1 is 0.528 bits per heavy atom. The Bertz CT molecular complexity index is 815. The first-order chi connectivity index (χ1) is 17.6. The van der Waals surface area contributed by atoms with Gasteiger partial charge in [0.2, 0.25) is 0 Å².